The Bertz CT molecular complexity index is 427. The van der Waals surface area contributed by atoms with Gasteiger partial charge in [-0.15, -0.1) is 0 Å². The van der Waals surface area contributed by atoms with E-state index in [1.165, 1.54) is 12.0 Å². The monoisotopic (exact) mass is 291 g/mol. The lowest BCUT2D eigenvalue weighted by Crippen LogP contribution is -2.62. The standard InChI is InChI=1S/C18H29NO2/c1-5-11-19-16-13-17(18(16,2)3)21-15-8-6-14(7-9-15)10-12-20-4/h6-9,16-17,19H,5,10-13H2,1-4H3. The average Bonchev–Trinajstić information content (AvgIpc) is 2.49. The maximum absolute atomic E-state index is 6.16. The van der Waals surface area contributed by atoms with Gasteiger partial charge in [0, 0.05) is 25.0 Å². The van der Waals surface area contributed by atoms with E-state index in [4.69, 9.17) is 9.47 Å². The molecule has 0 heterocycles. The van der Waals surface area contributed by atoms with Crippen molar-refractivity contribution in [3.63, 3.8) is 0 Å². The first-order chi connectivity index (χ1) is 10.1. The van der Waals surface area contributed by atoms with E-state index in [9.17, 15) is 0 Å². The highest BCUT2D eigenvalue weighted by atomic mass is 16.5. The van der Waals surface area contributed by atoms with Gasteiger partial charge < -0.3 is 14.8 Å². The molecule has 0 saturated heterocycles. The molecule has 0 radical (unpaired) electrons. The normalized spacial score (nSPS) is 23.6. The van der Waals surface area contributed by atoms with Crippen LogP contribution in [-0.4, -0.2) is 32.4 Å². The summed E-state index contributed by atoms with van der Waals surface area (Å²) >= 11 is 0. The molecule has 3 heteroatoms. The van der Waals surface area contributed by atoms with Crippen LogP contribution in [0.1, 0.15) is 39.2 Å². The fourth-order valence-corrected chi connectivity index (χ4v) is 2.87. The molecule has 118 valence electrons. The Morgan fingerprint density at radius 2 is 1.95 bits per heavy atom. The molecular formula is C18H29NO2. The van der Waals surface area contributed by atoms with E-state index in [0.717, 1.165) is 31.7 Å². The third kappa shape index (κ3) is 3.98. The lowest BCUT2D eigenvalue weighted by Gasteiger charge is -2.51. The molecule has 2 atom stereocenters. The highest BCUT2D eigenvalue weighted by molar-refractivity contribution is 5.28. The number of rotatable bonds is 8. The fourth-order valence-electron chi connectivity index (χ4n) is 2.87. The van der Waals surface area contributed by atoms with Crippen molar-refractivity contribution >= 4 is 0 Å². The van der Waals surface area contributed by atoms with Crippen molar-refractivity contribution in [3.8, 4) is 5.75 Å². The Balaban J connectivity index is 1.85. The predicted octanol–water partition coefficient (Wildman–Crippen LogP) is 3.42. The van der Waals surface area contributed by atoms with Crippen molar-refractivity contribution in [3.05, 3.63) is 29.8 Å². The summed E-state index contributed by atoms with van der Waals surface area (Å²) in [7, 11) is 1.74. The maximum atomic E-state index is 6.16. The third-order valence-electron chi connectivity index (χ3n) is 4.62. The SMILES string of the molecule is CCCNC1CC(Oc2ccc(CCOC)cc2)C1(C)C. The molecule has 3 nitrogen and oxygen atoms in total. The summed E-state index contributed by atoms with van der Waals surface area (Å²) in [6, 6.07) is 8.99. The van der Waals surface area contributed by atoms with Crippen LogP contribution in [0.25, 0.3) is 0 Å². The van der Waals surface area contributed by atoms with E-state index in [1.807, 2.05) is 0 Å². The van der Waals surface area contributed by atoms with Crippen molar-refractivity contribution < 1.29 is 9.47 Å². The zero-order valence-corrected chi connectivity index (χ0v) is 13.8. The molecule has 0 aromatic heterocycles. The molecule has 0 spiro atoms. The van der Waals surface area contributed by atoms with Gasteiger partial charge in [0.2, 0.25) is 0 Å². The lowest BCUT2D eigenvalue weighted by molar-refractivity contribution is -0.0546. The highest BCUT2D eigenvalue weighted by Gasteiger charge is 2.49. The molecule has 2 rings (SSSR count). The second-order valence-corrected chi connectivity index (χ2v) is 6.56. The van der Waals surface area contributed by atoms with Crippen molar-refractivity contribution in [1.82, 2.24) is 5.32 Å². The molecule has 0 aliphatic heterocycles. The van der Waals surface area contributed by atoms with Crippen LogP contribution in [0.15, 0.2) is 24.3 Å². The first kappa shape index (κ1) is 16.3. The number of ether oxygens (including phenoxy) is 2. The van der Waals surface area contributed by atoms with Gasteiger partial charge in [-0.3, -0.25) is 0 Å². The van der Waals surface area contributed by atoms with E-state index in [0.29, 0.717) is 12.1 Å². The molecule has 1 aliphatic carbocycles. The van der Waals surface area contributed by atoms with Crippen LogP contribution < -0.4 is 10.1 Å². The number of methoxy groups -OCH3 is 1. The molecule has 1 saturated carbocycles. The number of hydrogen-bond acceptors (Lipinski definition) is 3. The first-order valence-electron chi connectivity index (χ1n) is 8.05. The maximum Gasteiger partial charge on any atom is 0.119 e. The van der Waals surface area contributed by atoms with Crippen LogP contribution in [0.4, 0.5) is 0 Å². The average molecular weight is 291 g/mol. The summed E-state index contributed by atoms with van der Waals surface area (Å²) < 4.78 is 11.3. The van der Waals surface area contributed by atoms with Gasteiger partial charge in [-0.2, -0.15) is 0 Å². The van der Waals surface area contributed by atoms with E-state index in [-0.39, 0.29) is 5.41 Å². The summed E-state index contributed by atoms with van der Waals surface area (Å²) in [4.78, 5) is 0. The Hall–Kier alpha value is -1.06. The Labute approximate surface area is 129 Å². The quantitative estimate of drug-likeness (QED) is 0.796. The minimum absolute atomic E-state index is 0.198. The minimum Gasteiger partial charge on any atom is -0.490 e. The first-order valence-corrected chi connectivity index (χ1v) is 8.05. The zero-order chi connectivity index (χ0) is 15.3. The molecule has 1 aromatic carbocycles. The van der Waals surface area contributed by atoms with Gasteiger partial charge in [-0.25, -0.2) is 0 Å². The van der Waals surface area contributed by atoms with Crippen molar-refractivity contribution in [2.24, 2.45) is 5.41 Å². The third-order valence-corrected chi connectivity index (χ3v) is 4.62. The van der Waals surface area contributed by atoms with E-state index >= 15 is 0 Å². The summed E-state index contributed by atoms with van der Waals surface area (Å²) in [5.74, 6) is 0.975. The molecule has 1 fully saturated rings. The molecular weight excluding hydrogens is 262 g/mol. The zero-order valence-electron chi connectivity index (χ0n) is 13.8. The number of hydrogen-bond donors (Lipinski definition) is 1. The van der Waals surface area contributed by atoms with Gasteiger partial charge >= 0.3 is 0 Å². The Morgan fingerprint density at radius 1 is 1.24 bits per heavy atom. The Morgan fingerprint density at radius 3 is 2.52 bits per heavy atom. The lowest BCUT2D eigenvalue weighted by atomic mass is 9.64. The van der Waals surface area contributed by atoms with E-state index in [2.05, 4.69) is 50.4 Å². The fraction of sp³-hybridized carbons (Fsp3) is 0.667. The Kier molecular flexibility index (Phi) is 5.65. The van der Waals surface area contributed by atoms with Gasteiger partial charge in [0.05, 0.1) is 6.61 Å². The van der Waals surface area contributed by atoms with Crippen LogP contribution in [-0.2, 0) is 11.2 Å². The molecule has 2 unspecified atom stereocenters. The molecule has 0 bridgehead atoms. The van der Waals surface area contributed by atoms with E-state index in [1.54, 1.807) is 7.11 Å². The molecule has 21 heavy (non-hydrogen) atoms. The van der Waals surface area contributed by atoms with Crippen LogP contribution >= 0.6 is 0 Å². The van der Waals surface area contributed by atoms with Crippen molar-refractivity contribution in [1.29, 1.82) is 0 Å². The van der Waals surface area contributed by atoms with Gasteiger partial charge in [-0.1, -0.05) is 32.9 Å². The predicted molar refractivity (Wildman–Crippen MR) is 86.9 cm³/mol. The van der Waals surface area contributed by atoms with Crippen LogP contribution in [0.5, 0.6) is 5.75 Å². The van der Waals surface area contributed by atoms with Crippen molar-refractivity contribution in [2.75, 3.05) is 20.3 Å². The minimum atomic E-state index is 0.198. The molecule has 1 aromatic rings. The van der Waals surface area contributed by atoms with Gasteiger partial charge in [0.1, 0.15) is 11.9 Å². The topological polar surface area (TPSA) is 30.5 Å². The summed E-state index contributed by atoms with van der Waals surface area (Å²) in [6.45, 7) is 8.65. The second-order valence-electron chi connectivity index (χ2n) is 6.56. The highest BCUT2D eigenvalue weighted by Crippen LogP contribution is 2.43. The molecule has 1 N–H and O–H groups in total. The van der Waals surface area contributed by atoms with Crippen LogP contribution in [0, 0.1) is 5.41 Å². The number of nitrogens with one attached hydrogen (secondary N) is 1. The van der Waals surface area contributed by atoms with Gasteiger partial charge in [0.15, 0.2) is 0 Å². The molecule has 1 aliphatic rings. The van der Waals surface area contributed by atoms with Crippen molar-refractivity contribution in [2.45, 2.75) is 52.2 Å². The largest absolute Gasteiger partial charge is 0.490 e. The summed E-state index contributed by atoms with van der Waals surface area (Å²) in [5, 5.41) is 3.61. The molecule has 0 amide bonds. The smallest absolute Gasteiger partial charge is 0.119 e. The van der Waals surface area contributed by atoms with Crippen LogP contribution in [0.3, 0.4) is 0 Å². The number of benzene rings is 1. The second kappa shape index (κ2) is 7.28. The summed E-state index contributed by atoms with van der Waals surface area (Å²) in [6.07, 6.45) is 3.53. The van der Waals surface area contributed by atoms with E-state index < -0.39 is 0 Å². The van der Waals surface area contributed by atoms with Gasteiger partial charge in [0.25, 0.3) is 0 Å². The van der Waals surface area contributed by atoms with Crippen LogP contribution in [0.2, 0.25) is 0 Å². The van der Waals surface area contributed by atoms with Gasteiger partial charge in [-0.05, 0) is 37.1 Å². The summed E-state index contributed by atoms with van der Waals surface area (Å²) in [5.41, 5.74) is 1.49.